The number of rotatable bonds is 3. The summed E-state index contributed by atoms with van der Waals surface area (Å²) in [6.07, 6.45) is 1.94. The molecule has 2 aliphatic heterocycles. The number of carbonyl (C=O) groups excluding carboxylic acids is 2. The first-order chi connectivity index (χ1) is 10.6. The van der Waals surface area contributed by atoms with Crippen molar-refractivity contribution < 1.29 is 14.3 Å². The van der Waals surface area contributed by atoms with Crippen molar-refractivity contribution in [2.45, 2.75) is 18.9 Å². The van der Waals surface area contributed by atoms with E-state index in [-0.39, 0.29) is 24.5 Å². The predicted molar refractivity (Wildman–Crippen MR) is 83.0 cm³/mol. The highest BCUT2D eigenvalue weighted by Gasteiger charge is 2.24. The number of nitrogens with zero attached hydrogens (tertiary/aromatic N) is 1. The fourth-order valence-electron chi connectivity index (χ4n) is 2.88. The zero-order valence-corrected chi connectivity index (χ0v) is 12.7. The lowest BCUT2D eigenvalue weighted by Crippen LogP contribution is -2.48. The predicted octanol–water partition coefficient (Wildman–Crippen LogP) is 0.632. The molecule has 6 nitrogen and oxygen atoms in total. The molecule has 0 spiro atoms. The first kappa shape index (κ1) is 14.8. The molecule has 1 aromatic carbocycles. The fourth-order valence-corrected chi connectivity index (χ4v) is 2.88. The first-order valence-corrected chi connectivity index (χ1v) is 7.64. The normalized spacial score (nSPS) is 21.0. The van der Waals surface area contributed by atoms with Gasteiger partial charge in [-0.05, 0) is 24.5 Å². The number of hydrogen-bond donors (Lipinski definition) is 2. The monoisotopic (exact) mass is 303 g/mol. The SMILES string of the molecule is CN1C[C@H](CNC(=O)c2cccc3c2NCCC3)OCC1=O. The third-order valence-corrected chi connectivity index (χ3v) is 4.16. The van der Waals surface area contributed by atoms with Gasteiger partial charge in [-0.1, -0.05) is 12.1 Å². The topological polar surface area (TPSA) is 70.7 Å². The number of ether oxygens (including phenoxy) is 1. The summed E-state index contributed by atoms with van der Waals surface area (Å²) in [4.78, 5) is 25.4. The van der Waals surface area contributed by atoms with E-state index in [4.69, 9.17) is 4.74 Å². The molecule has 0 bridgehead atoms. The second kappa shape index (κ2) is 6.36. The number of nitrogens with one attached hydrogen (secondary N) is 2. The van der Waals surface area contributed by atoms with E-state index in [1.807, 2.05) is 12.1 Å². The summed E-state index contributed by atoms with van der Waals surface area (Å²) in [5.74, 6) is -0.127. The van der Waals surface area contributed by atoms with Crippen molar-refractivity contribution in [3.05, 3.63) is 29.3 Å². The van der Waals surface area contributed by atoms with Gasteiger partial charge in [0.2, 0.25) is 5.91 Å². The molecule has 1 aromatic rings. The summed E-state index contributed by atoms with van der Waals surface area (Å²) in [6, 6.07) is 5.82. The molecule has 22 heavy (non-hydrogen) atoms. The number of aryl methyl sites for hydroxylation is 1. The minimum absolute atomic E-state index is 0.0242. The number of para-hydroxylation sites is 1. The molecule has 0 aromatic heterocycles. The van der Waals surface area contributed by atoms with Gasteiger partial charge in [0.1, 0.15) is 6.61 Å². The highest BCUT2D eigenvalue weighted by molar-refractivity contribution is 6.00. The molecule has 3 rings (SSSR count). The van der Waals surface area contributed by atoms with Crippen LogP contribution in [0.1, 0.15) is 22.3 Å². The minimum atomic E-state index is -0.154. The Balaban J connectivity index is 1.62. The Kier molecular flexibility index (Phi) is 4.29. The molecule has 2 heterocycles. The lowest BCUT2D eigenvalue weighted by molar-refractivity contribution is -0.146. The van der Waals surface area contributed by atoms with Crippen LogP contribution in [0.3, 0.4) is 0 Å². The van der Waals surface area contributed by atoms with E-state index in [1.165, 1.54) is 5.56 Å². The maximum Gasteiger partial charge on any atom is 0.253 e. The Labute approximate surface area is 129 Å². The number of anilines is 1. The van der Waals surface area contributed by atoms with Crippen molar-refractivity contribution in [1.29, 1.82) is 0 Å². The molecule has 6 heteroatoms. The van der Waals surface area contributed by atoms with Crippen LogP contribution in [-0.4, -0.2) is 56.1 Å². The van der Waals surface area contributed by atoms with Crippen molar-refractivity contribution >= 4 is 17.5 Å². The van der Waals surface area contributed by atoms with E-state index in [2.05, 4.69) is 16.7 Å². The Morgan fingerprint density at radius 2 is 2.36 bits per heavy atom. The number of fused-ring (bicyclic) bond motifs is 1. The molecule has 2 N–H and O–H groups in total. The Morgan fingerprint density at radius 3 is 3.18 bits per heavy atom. The van der Waals surface area contributed by atoms with Gasteiger partial charge < -0.3 is 20.3 Å². The van der Waals surface area contributed by atoms with E-state index in [9.17, 15) is 9.59 Å². The van der Waals surface area contributed by atoms with Crippen LogP contribution >= 0.6 is 0 Å². The van der Waals surface area contributed by atoms with E-state index in [1.54, 1.807) is 11.9 Å². The Hall–Kier alpha value is -2.08. The summed E-state index contributed by atoms with van der Waals surface area (Å²) in [5, 5.41) is 6.23. The van der Waals surface area contributed by atoms with Gasteiger partial charge >= 0.3 is 0 Å². The number of likely N-dealkylation sites (N-methyl/N-ethyl adjacent to an activating group) is 1. The molecule has 2 aliphatic rings. The van der Waals surface area contributed by atoms with Crippen LogP contribution in [0, 0.1) is 0 Å². The minimum Gasteiger partial charge on any atom is -0.384 e. The fraction of sp³-hybridized carbons (Fsp3) is 0.500. The van der Waals surface area contributed by atoms with Gasteiger partial charge in [0, 0.05) is 26.7 Å². The van der Waals surface area contributed by atoms with Crippen molar-refractivity contribution in [3.63, 3.8) is 0 Å². The van der Waals surface area contributed by atoms with Gasteiger partial charge in [0.05, 0.1) is 17.4 Å². The van der Waals surface area contributed by atoms with Crippen LogP contribution in [0.4, 0.5) is 5.69 Å². The summed E-state index contributed by atoms with van der Waals surface area (Å²) >= 11 is 0. The van der Waals surface area contributed by atoms with E-state index < -0.39 is 0 Å². The van der Waals surface area contributed by atoms with Gasteiger partial charge in [0.25, 0.3) is 5.91 Å². The smallest absolute Gasteiger partial charge is 0.253 e. The zero-order chi connectivity index (χ0) is 15.5. The molecule has 1 atom stereocenters. The van der Waals surface area contributed by atoms with Crippen LogP contribution in [0.5, 0.6) is 0 Å². The quantitative estimate of drug-likeness (QED) is 0.859. The maximum atomic E-state index is 12.4. The van der Waals surface area contributed by atoms with Gasteiger partial charge in [-0.25, -0.2) is 0 Å². The third kappa shape index (κ3) is 3.06. The van der Waals surface area contributed by atoms with Crippen molar-refractivity contribution in [1.82, 2.24) is 10.2 Å². The molecule has 0 aliphatic carbocycles. The van der Waals surface area contributed by atoms with Crippen LogP contribution in [-0.2, 0) is 16.0 Å². The van der Waals surface area contributed by atoms with Crippen LogP contribution in [0.15, 0.2) is 18.2 Å². The third-order valence-electron chi connectivity index (χ3n) is 4.16. The largest absolute Gasteiger partial charge is 0.384 e. The Morgan fingerprint density at radius 1 is 1.50 bits per heavy atom. The number of hydrogen-bond acceptors (Lipinski definition) is 4. The highest BCUT2D eigenvalue weighted by atomic mass is 16.5. The summed E-state index contributed by atoms with van der Waals surface area (Å²) in [6.45, 7) is 1.89. The number of morpholine rings is 1. The molecule has 1 fully saturated rings. The number of carbonyl (C=O) groups is 2. The van der Waals surface area contributed by atoms with Gasteiger partial charge in [-0.15, -0.1) is 0 Å². The molecule has 1 saturated heterocycles. The molecule has 2 amide bonds. The molecular weight excluding hydrogens is 282 g/mol. The first-order valence-electron chi connectivity index (χ1n) is 7.64. The molecule has 0 unspecified atom stereocenters. The Bertz CT molecular complexity index is 588. The lowest BCUT2D eigenvalue weighted by atomic mass is 9.99. The molecular formula is C16H21N3O3. The lowest BCUT2D eigenvalue weighted by Gasteiger charge is -2.30. The number of amides is 2. The van der Waals surface area contributed by atoms with Crippen molar-refractivity contribution in [2.24, 2.45) is 0 Å². The van der Waals surface area contributed by atoms with Gasteiger partial charge in [-0.3, -0.25) is 9.59 Å². The van der Waals surface area contributed by atoms with Crippen molar-refractivity contribution in [3.8, 4) is 0 Å². The zero-order valence-electron chi connectivity index (χ0n) is 12.7. The second-order valence-electron chi connectivity index (χ2n) is 5.79. The summed E-state index contributed by atoms with van der Waals surface area (Å²) in [5.41, 5.74) is 2.82. The molecule has 0 radical (unpaired) electrons. The summed E-state index contributed by atoms with van der Waals surface area (Å²) in [7, 11) is 1.75. The summed E-state index contributed by atoms with van der Waals surface area (Å²) < 4.78 is 5.44. The van der Waals surface area contributed by atoms with Gasteiger partial charge in [-0.2, -0.15) is 0 Å². The van der Waals surface area contributed by atoms with Crippen molar-refractivity contribution in [2.75, 3.05) is 38.6 Å². The van der Waals surface area contributed by atoms with Crippen LogP contribution in [0.25, 0.3) is 0 Å². The van der Waals surface area contributed by atoms with E-state index in [0.29, 0.717) is 18.7 Å². The average Bonchev–Trinajstić information content (AvgIpc) is 2.55. The van der Waals surface area contributed by atoms with Crippen LogP contribution in [0.2, 0.25) is 0 Å². The standard InChI is InChI=1S/C16H21N3O3/c1-19-9-12(22-10-14(19)20)8-18-16(21)13-6-2-4-11-5-3-7-17-15(11)13/h2,4,6,12,17H,3,5,7-10H2,1H3,(H,18,21)/t12-/m0/s1. The van der Waals surface area contributed by atoms with Gasteiger partial charge in [0.15, 0.2) is 0 Å². The van der Waals surface area contributed by atoms with E-state index >= 15 is 0 Å². The molecule has 0 saturated carbocycles. The second-order valence-corrected chi connectivity index (χ2v) is 5.79. The average molecular weight is 303 g/mol. The maximum absolute atomic E-state index is 12.4. The molecule has 118 valence electrons. The number of benzene rings is 1. The highest BCUT2D eigenvalue weighted by Crippen LogP contribution is 2.25. The van der Waals surface area contributed by atoms with E-state index in [0.717, 1.165) is 25.1 Å². The van der Waals surface area contributed by atoms with Crippen LogP contribution < -0.4 is 10.6 Å².